The number of hydrazine groups is 1. The monoisotopic (exact) mass is 703 g/mol. The zero-order valence-corrected chi connectivity index (χ0v) is 27.8. The molecule has 3 aromatic carbocycles. The maximum absolute atomic E-state index is 15.3. The van der Waals surface area contributed by atoms with Crippen LogP contribution in [0.2, 0.25) is 5.02 Å². The fourth-order valence-electron chi connectivity index (χ4n) is 8.45. The maximum Gasteiger partial charge on any atom is 0.423 e. The van der Waals surface area contributed by atoms with Gasteiger partial charge in [0.25, 0.3) is 11.8 Å². The topological polar surface area (TPSA) is 152 Å². The summed E-state index contributed by atoms with van der Waals surface area (Å²) in [5.41, 5.74) is 2.69. The molecule has 1 saturated carbocycles. The average Bonchev–Trinajstić information content (AvgIpc) is 3.49. The minimum Gasteiger partial charge on any atom is -0.508 e. The quantitative estimate of drug-likeness (QED) is 0.267. The molecular formula is C36H31ClFN3O9. The van der Waals surface area contributed by atoms with Gasteiger partial charge in [0.2, 0.25) is 11.8 Å². The van der Waals surface area contributed by atoms with E-state index in [4.69, 9.17) is 25.8 Å². The van der Waals surface area contributed by atoms with Gasteiger partial charge >= 0.3 is 6.09 Å². The number of ether oxygens (including phenoxy) is 3. The number of benzene rings is 3. The molecule has 2 aliphatic carbocycles. The number of fused-ring (bicyclic) bond motifs is 4. The summed E-state index contributed by atoms with van der Waals surface area (Å²) in [4.78, 5) is 70.6. The Kier molecular flexibility index (Phi) is 8.05. The predicted molar refractivity (Wildman–Crippen MR) is 174 cm³/mol. The fourth-order valence-corrected chi connectivity index (χ4v) is 8.58. The molecule has 3 aromatic rings. The Balaban J connectivity index is 1.51. The number of hydrogen-bond acceptors (Lipinski definition) is 10. The minimum atomic E-state index is -1.73. The van der Waals surface area contributed by atoms with E-state index in [1.807, 2.05) is 0 Å². The Morgan fingerprint density at radius 1 is 0.920 bits per heavy atom. The van der Waals surface area contributed by atoms with Crippen LogP contribution in [-0.2, 0) is 29.3 Å². The van der Waals surface area contributed by atoms with E-state index in [0.717, 1.165) is 12.1 Å². The molecule has 12 nitrogen and oxygen atoms in total. The number of allylic oxidation sites excluding steroid dienone is 2. The van der Waals surface area contributed by atoms with Crippen LogP contribution in [0.1, 0.15) is 29.9 Å². The van der Waals surface area contributed by atoms with Gasteiger partial charge in [0, 0.05) is 28.6 Å². The lowest BCUT2D eigenvalue weighted by Gasteiger charge is -2.51. The van der Waals surface area contributed by atoms with E-state index in [2.05, 4.69) is 5.43 Å². The summed E-state index contributed by atoms with van der Waals surface area (Å²) in [6.45, 7) is 0. The number of phenols is 1. The second-order valence-corrected chi connectivity index (χ2v) is 13.1. The molecule has 6 atom stereocenters. The number of methoxy groups -OCH3 is 3. The summed E-state index contributed by atoms with van der Waals surface area (Å²) in [5.74, 6) is -8.21. The molecule has 7 rings (SSSR count). The SMILES string of the molecule is COC(=O)N1C(=O)C2CC=C3C(CC4C(=O)N(Nc5ccc(F)cc5)C(=O)C4(c4ccc(Cl)cc4)C3c3c(OC)cc(O)cc3OC)C2C1=O. The Bertz CT molecular complexity index is 1960. The number of hydrogen-bond donors (Lipinski definition) is 2. The molecule has 0 radical (unpaired) electrons. The van der Waals surface area contributed by atoms with Crippen LogP contribution in [0.3, 0.4) is 0 Å². The van der Waals surface area contributed by atoms with E-state index in [1.165, 1.54) is 50.6 Å². The van der Waals surface area contributed by atoms with Crippen LogP contribution in [-0.4, -0.2) is 66.1 Å². The standard InChI is InChI=1S/C36H31ClFN3O9/c1-48-26-14-21(42)15-27(49-2)29(26)30-22-12-13-23-28(33(45)40(31(23)43)35(47)50-3)24(22)16-25-32(44)41(39-20-10-8-19(38)9-11-20)34(46)36(25,30)17-4-6-18(37)7-5-17/h4-12,14-15,23-25,28,30,39,42H,13,16H2,1-3H3. The van der Waals surface area contributed by atoms with Crippen LogP contribution in [0, 0.1) is 29.5 Å². The molecule has 0 aromatic heterocycles. The van der Waals surface area contributed by atoms with Crippen LogP contribution in [0.15, 0.2) is 72.3 Å². The van der Waals surface area contributed by atoms with Gasteiger partial charge in [-0.1, -0.05) is 35.4 Å². The largest absolute Gasteiger partial charge is 0.508 e. The summed E-state index contributed by atoms with van der Waals surface area (Å²) < 4.78 is 30.2. The number of likely N-dealkylation sites (tertiary alicyclic amines) is 1. The molecule has 0 bridgehead atoms. The van der Waals surface area contributed by atoms with E-state index < -0.39 is 70.5 Å². The van der Waals surface area contributed by atoms with Gasteiger partial charge in [-0.2, -0.15) is 9.91 Å². The Hall–Kier alpha value is -5.43. The lowest BCUT2D eigenvalue weighted by atomic mass is 9.49. The highest BCUT2D eigenvalue weighted by molar-refractivity contribution is 6.30. The van der Waals surface area contributed by atoms with Gasteiger partial charge in [0.05, 0.1) is 50.2 Å². The maximum atomic E-state index is 15.3. The predicted octanol–water partition coefficient (Wildman–Crippen LogP) is 4.95. The first-order valence-electron chi connectivity index (χ1n) is 15.7. The number of carbonyl (C=O) groups is 5. The molecule has 0 spiro atoms. The molecule has 6 unspecified atom stereocenters. The third kappa shape index (κ3) is 4.67. The van der Waals surface area contributed by atoms with E-state index >= 15 is 4.79 Å². The lowest BCUT2D eigenvalue weighted by Crippen LogP contribution is -2.53. The van der Waals surface area contributed by atoms with Gasteiger partial charge < -0.3 is 19.3 Å². The summed E-state index contributed by atoms with van der Waals surface area (Å²) in [7, 11) is 3.83. The summed E-state index contributed by atoms with van der Waals surface area (Å²) in [6, 6.07) is 14.4. The molecule has 2 saturated heterocycles. The van der Waals surface area contributed by atoms with E-state index in [1.54, 1.807) is 30.3 Å². The van der Waals surface area contributed by atoms with Crippen molar-refractivity contribution in [1.29, 1.82) is 0 Å². The smallest absolute Gasteiger partial charge is 0.423 e. The molecule has 14 heteroatoms. The van der Waals surface area contributed by atoms with Gasteiger partial charge in [-0.05, 0) is 60.7 Å². The Morgan fingerprint density at radius 2 is 1.56 bits per heavy atom. The highest BCUT2D eigenvalue weighted by Gasteiger charge is 2.71. The molecule has 258 valence electrons. The fraction of sp³-hybridized carbons (Fsp3) is 0.306. The average molecular weight is 704 g/mol. The summed E-state index contributed by atoms with van der Waals surface area (Å²) in [6.07, 6.45) is 0.669. The van der Waals surface area contributed by atoms with Crippen molar-refractivity contribution < 1.29 is 47.7 Å². The lowest BCUT2D eigenvalue weighted by molar-refractivity contribution is -0.140. The van der Waals surface area contributed by atoms with Crippen molar-refractivity contribution >= 4 is 47.0 Å². The number of rotatable bonds is 6. The second kappa shape index (κ2) is 12.2. The molecule has 2 aliphatic heterocycles. The summed E-state index contributed by atoms with van der Waals surface area (Å²) in [5, 5.41) is 11.9. The zero-order chi connectivity index (χ0) is 35.6. The van der Waals surface area contributed by atoms with Gasteiger partial charge in [-0.3, -0.25) is 24.6 Å². The number of anilines is 1. The van der Waals surface area contributed by atoms with Crippen LogP contribution >= 0.6 is 11.6 Å². The minimum absolute atomic E-state index is 0.0504. The van der Waals surface area contributed by atoms with Gasteiger partial charge in [-0.25, -0.2) is 9.18 Å². The second-order valence-electron chi connectivity index (χ2n) is 12.6. The normalized spacial score (nSPS) is 27.0. The van der Waals surface area contributed by atoms with Crippen LogP contribution < -0.4 is 14.9 Å². The zero-order valence-electron chi connectivity index (χ0n) is 27.0. The van der Waals surface area contributed by atoms with Crippen LogP contribution in [0.5, 0.6) is 17.2 Å². The molecule has 3 fully saturated rings. The molecule has 2 heterocycles. The first kappa shape index (κ1) is 33.1. The molecule has 5 amide bonds. The van der Waals surface area contributed by atoms with E-state index in [-0.39, 0.29) is 35.8 Å². The van der Waals surface area contributed by atoms with Crippen LogP contribution in [0.25, 0.3) is 0 Å². The highest BCUT2D eigenvalue weighted by Crippen LogP contribution is 2.66. The van der Waals surface area contributed by atoms with Crippen molar-refractivity contribution in [2.45, 2.75) is 24.2 Å². The first-order chi connectivity index (χ1) is 24.0. The first-order valence-corrected chi connectivity index (χ1v) is 16.1. The molecule has 2 N–H and O–H groups in total. The number of aromatic hydroxyl groups is 1. The van der Waals surface area contributed by atoms with Crippen molar-refractivity contribution in [3.05, 3.63) is 94.3 Å². The van der Waals surface area contributed by atoms with Crippen molar-refractivity contribution in [1.82, 2.24) is 9.91 Å². The third-order valence-corrected chi connectivity index (χ3v) is 10.7. The van der Waals surface area contributed by atoms with Gasteiger partial charge in [0.1, 0.15) is 23.1 Å². The number of carbonyl (C=O) groups excluding carboxylic acids is 5. The third-order valence-electron chi connectivity index (χ3n) is 10.4. The van der Waals surface area contributed by atoms with Gasteiger partial charge in [-0.15, -0.1) is 0 Å². The number of amides is 5. The van der Waals surface area contributed by atoms with Gasteiger partial charge in [0.15, 0.2) is 0 Å². The van der Waals surface area contributed by atoms with Crippen molar-refractivity contribution in [2.24, 2.45) is 23.7 Å². The van der Waals surface area contributed by atoms with Crippen LogP contribution in [0.4, 0.5) is 14.9 Å². The number of phenolic OH excluding ortho intramolecular Hbond substituents is 1. The number of imide groups is 4. The number of nitrogens with zero attached hydrogens (tertiary/aromatic N) is 2. The number of halogens is 2. The van der Waals surface area contributed by atoms with Crippen molar-refractivity contribution in [3.63, 3.8) is 0 Å². The number of nitrogens with one attached hydrogen (secondary N) is 1. The molecular weight excluding hydrogens is 673 g/mol. The Labute approximate surface area is 290 Å². The summed E-state index contributed by atoms with van der Waals surface area (Å²) >= 11 is 6.33. The van der Waals surface area contributed by atoms with Crippen molar-refractivity contribution in [2.75, 3.05) is 26.8 Å². The molecule has 50 heavy (non-hydrogen) atoms. The molecule has 4 aliphatic rings. The van der Waals surface area contributed by atoms with E-state index in [9.17, 15) is 28.7 Å². The Morgan fingerprint density at radius 3 is 2.16 bits per heavy atom. The highest BCUT2D eigenvalue weighted by atomic mass is 35.5. The van der Waals surface area contributed by atoms with Crippen molar-refractivity contribution in [3.8, 4) is 17.2 Å². The van der Waals surface area contributed by atoms with E-state index in [0.29, 0.717) is 26.6 Å².